The molecule has 0 unspecified atom stereocenters. The van der Waals surface area contributed by atoms with Crippen LogP contribution in [0.4, 0.5) is 10.2 Å². The third-order valence-electron chi connectivity index (χ3n) is 5.94. The molecule has 3 aliphatic rings. The molecule has 1 N–H and O–H groups in total. The average molecular weight is 424 g/mol. The van der Waals surface area contributed by atoms with Crippen LogP contribution in [0.2, 0.25) is 0 Å². The van der Waals surface area contributed by atoms with Gasteiger partial charge in [-0.2, -0.15) is 5.10 Å². The van der Waals surface area contributed by atoms with Gasteiger partial charge in [-0.1, -0.05) is 13.8 Å². The zero-order valence-corrected chi connectivity index (χ0v) is 17.6. The van der Waals surface area contributed by atoms with Crippen molar-refractivity contribution in [1.82, 2.24) is 19.9 Å². The Hall–Kier alpha value is -3.23. The van der Waals surface area contributed by atoms with Crippen molar-refractivity contribution in [1.29, 1.82) is 0 Å². The van der Waals surface area contributed by atoms with E-state index in [1.165, 1.54) is 6.20 Å². The highest BCUT2D eigenvalue weighted by Gasteiger charge is 2.32. The molecule has 4 bridgehead atoms. The van der Waals surface area contributed by atoms with E-state index in [0.29, 0.717) is 36.7 Å². The number of nitrogens with one attached hydrogen (secondary N) is 1. The smallest absolute Gasteiger partial charge is 0.256 e. The maximum Gasteiger partial charge on any atom is 0.256 e. The molecule has 0 saturated carbocycles. The largest absolute Gasteiger partial charge is 0.480 e. The molecular weight excluding hydrogens is 399 g/mol. The molecule has 5 heterocycles. The summed E-state index contributed by atoms with van der Waals surface area (Å²) >= 11 is 0. The summed E-state index contributed by atoms with van der Waals surface area (Å²) in [6.07, 6.45) is 8.42. The molecule has 0 aromatic carbocycles. The Morgan fingerprint density at radius 3 is 3.10 bits per heavy atom. The Balaban J connectivity index is 1.61. The number of anilines is 1. The van der Waals surface area contributed by atoms with Crippen LogP contribution in [0.3, 0.4) is 0 Å². The minimum atomic E-state index is -0.380. The van der Waals surface area contributed by atoms with Gasteiger partial charge in [0.2, 0.25) is 0 Å². The van der Waals surface area contributed by atoms with Gasteiger partial charge in [0.25, 0.3) is 5.91 Å². The Morgan fingerprint density at radius 2 is 2.23 bits per heavy atom. The minimum Gasteiger partial charge on any atom is -0.480 e. The first-order chi connectivity index (χ1) is 14.9. The molecule has 1 fully saturated rings. The molecule has 8 nitrogen and oxygen atoms in total. The summed E-state index contributed by atoms with van der Waals surface area (Å²) in [6, 6.07) is 1.87. The Bertz CT molecular complexity index is 1130. The predicted octanol–water partition coefficient (Wildman–Crippen LogP) is 3.02. The van der Waals surface area contributed by atoms with Gasteiger partial charge in [-0.05, 0) is 30.6 Å². The average Bonchev–Trinajstić information content (AvgIpc) is 3.35. The highest BCUT2D eigenvalue weighted by atomic mass is 19.1. The highest BCUT2D eigenvalue weighted by Crippen LogP contribution is 2.33. The first kappa shape index (κ1) is 19.7. The second-order valence-corrected chi connectivity index (χ2v) is 9.03. The van der Waals surface area contributed by atoms with Gasteiger partial charge in [-0.25, -0.2) is 18.9 Å². The van der Waals surface area contributed by atoms with Crippen molar-refractivity contribution in [2.45, 2.75) is 39.2 Å². The molecule has 5 rings (SSSR count). The Morgan fingerprint density at radius 1 is 1.35 bits per heavy atom. The van der Waals surface area contributed by atoms with Gasteiger partial charge in [0.1, 0.15) is 17.2 Å². The molecule has 1 amide bonds. The fraction of sp³-hybridized carbons (Fsp3) is 0.455. The van der Waals surface area contributed by atoms with E-state index in [0.717, 1.165) is 30.8 Å². The van der Waals surface area contributed by atoms with Gasteiger partial charge in [0.15, 0.2) is 11.5 Å². The summed E-state index contributed by atoms with van der Waals surface area (Å²) in [5, 5.41) is 7.25. The van der Waals surface area contributed by atoms with Crippen LogP contribution in [0.25, 0.3) is 5.65 Å². The van der Waals surface area contributed by atoms with Gasteiger partial charge in [-0.15, -0.1) is 0 Å². The van der Waals surface area contributed by atoms with Crippen molar-refractivity contribution < 1.29 is 13.9 Å². The molecular formula is C22H25FN6O2. The lowest BCUT2D eigenvalue weighted by Crippen LogP contribution is -2.37. The van der Waals surface area contributed by atoms with Crippen molar-refractivity contribution in [2.75, 3.05) is 24.6 Å². The zero-order valence-electron chi connectivity index (χ0n) is 17.6. The lowest BCUT2D eigenvalue weighted by atomic mass is 9.94. The maximum absolute atomic E-state index is 14.4. The Kier molecular flexibility index (Phi) is 4.75. The van der Waals surface area contributed by atoms with Crippen LogP contribution < -0.4 is 10.2 Å². The number of ether oxygens (including phenoxy) is 1. The highest BCUT2D eigenvalue weighted by molar-refractivity contribution is 5.99. The minimum absolute atomic E-state index is 0.0145. The van der Waals surface area contributed by atoms with E-state index >= 15 is 0 Å². The first-order valence-corrected chi connectivity index (χ1v) is 10.5. The second-order valence-electron chi connectivity index (χ2n) is 9.03. The molecule has 31 heavy (non-hydrogen) atoms. The standard InChI is InChI=1S/C22H25FN6O2/c1-22(2)12-25-21(30)16-11-26-29-7-5-18(27-20(16)29)28-6-3-4-17(28)14-8-15(23)10-24-19(9-14)31-13-22/h5,7-8,10-11,17H,3-4,6,9,12-13H2,1-2H3,(H,25,30)/t17-/m1/s1. The van der Waals surface area contributed by atoms with Crippen molar-refractivity contribution >= 4 is 23.3 Å². The molecule has 2 aromatic heterocycles. The Labute approximate surface area is 179 Å². The summed E-state index contributed by atoms with van der Waals surface area (Å²) in [5.74, 6) is 0.629. The number of allylic oxidation sites excluding steroid dienone is 2. The van der Waals surface area contributed by atoms with E-state index in [2.05, 4.69) is 20.3 Å². The normalized spacial score (nSPS) is 23.6. The third kappa shape index (κ3) is 3.80. The molecule has 0 radical (unpaired) electrons. The van der Waals surface area contributed by atoms with Crippen molar-refractivity contribution in [3.05, 3.63) is 47.7 Å². The lowest BCUT2D eigenvalue weighted by molar-refractivity contribution is 0.0916. The van der Waals surface area contributed by atoms with E-state index < -0.39 is 0 Å². The zero-order chi connectivity index (χ0) is 21.6. The fourth-order valence-corrected chi connectivity index (χ4v) is 4.27. The number of aliphatic imine (C=N–C) groups is 1. The molecule has 3 aliphatic heterocycles. The first-order valence-electron chi connectivity index (χ1n) is 10.5. The van der Waals surface area contributed by atoms with E-state index in [4.69, 9.17) is 9.72 Å². The molecule has 2 aromatic rings. The number of halogens is 1. The van der Waals surface area contributed by atoms with Crippen LogP contribution in [-0.4, -0.2) is 52.1 Å². The summed E-state index contributed by atoms with van der Waals surface area (Å²) in [4.78, 5) is 24.0. The quantitative estimate of drug-likeness (QED) is 0.703. The second kappa shape index (κ2) is 7.47. The number of rotatable bonds is 0. The van der Waals surface area contributed by atoms with Crippen molar-refractivity contribution in [2.24, 2.45) is 10.4 Å². The molecule has 1 atom stereocenters. The summed E-state index contributed by atoms with van der Waals surface area (Å²) in [6.45, 7) is 5.55. The summed E-state index contributed by atoms with van der Waals surface area (Å²) in [5.41, 5.74) is 1.50. The number of amides is 1. The fourth-order valence-electron chi connectivity index (χ4n) is 4.27. The molecule has 0 spiro atoms. The van der Waals surface area contributed by atoms with Gasteiger partial charge >= 0.3 is 0 Å². The number of carbonyl (C=O) groups is 1. The lowest BCUT2D eigenvalue weighted by Gasteiger charge is -2.28. The number of fused-ring (bicyclic) bond motifs is 6. The van der Waals surface area contributed by atoms with E-state index in [9.17, 15) is 9.18 Å². The van der Waals surface area contributed by atoms with Crippen LogP contribution in [0.15, 0.2) is 47.1 Å². The van der Waals surface area contributed by atoms with Gasteiger partial charge < -0.3 is 15.0 Å². The van der Waals surface area contributed by atoms with Crippen LogP contribution >= 0.6 is 0 Å². The number of hydrogen-bond acceptors (Lipinski definition) is 6. The van der Waals surface area contributed by atoms with Crippen LogP contribution in [0.5, 0.6) is 0 Å². The SMILES string of the molecule is CC1(C)CNC(=O)c2cnn3ccc(nc23)N2CCC[C@@H]2C2=CC(F)=CN=C(C2)OC1. The number of hydrogen-bond donors (Lipinski definition) is 1. The number of aromatic nitrogens is 3. The van der Waals surface area contributed by atoms with E-state index in [1.807, 2.05) is 26.1 Å². The van der Waals surface area contributed by atoms with Gasteiger partial charge in [-0.3, -0.25) is 4.79 Å². The van der Waals surface area contributed by atoms with Gasteiger partial charge in [0.05, 0.1) is 25.0 Å². The number of carbonyl (C=O) groups excluding carboxylic acids is 1. The number of nitrogens with zero attached hydrogens (tertiary/aromatic N) is 5. The topological polar surface area (TPSA) is 84.1 Å². The van der Waals surface area contributed by atoms with Crippen LogP contribution in [0, 0.1) is 5.41 Å². The van der Waals surface area contributed by atoms with Gasteiger partial charge in [0, 0.05) is 31.1 Å². The molecule has 9 heteroatoms. The summed E-state index contributed by atoms with van der Waals surface area (Å²) < 4.78 is 22.0. The predicted molar refractivity (Wildman–Crippen MR) is 115 cm³/mol. The molecule has 1 saturated heterocycles. The van der Waals surface area contributed by atoms with Crippen LogP contribution in [-0.2, 0) is 4.74 Å². The van der Waals surface area contributed by atoms with E-state index in [1.54, 1.807) is 16.8 Å². The van der Waals surface area contributed by atoms with Crippen molar-refractivity contribution in [3.63, 3.8) is 0 Å². The van der Waals surface area contributed by atoms with E-state index in [-0.39, 0.29) is 23.2 Å². The maximum atomic E-state index is 14.4. The summed E-state index contributed by atoms with van der Waals surface area (Å²) in [7, 11) is 0. The van der Waals surface area contributed by atoms with Crippen LogP contribution in [0.1, 0.15) is 43.5 Å². The van der Waals surface area contributed by atoms with Crippen molar-refractivity contribution in [3.8, 4) is 0 Å². The molecule has 0 aliphatic carbocycles. The third-order valence-corrected chi connectivity index (χ3v) is 5.94. The molecule has 162 valence electrons. The monoisotopic (exact) mass is 424 g/mol.